The van der Waals surface area contributed by atoms with Crippen LogP contribution >= 0.6 is 11.6 Å². The van der Waals surface area contributed by atoms with Crippen LogP contribution in [0.2, 0.25) is 0 Å². The van der Waals surface area contributed by atoms with E-state index >= 15 is 0 Å². The van der Waals surface area contributed by atoms with E-state index in [1.807, 2.05) is 0 Å². The van der Waals surface area contributed by atoms with E-state index in [9.17, 15) is 4.79 Å². The van der Waals surface area contributed by atoms with Gasteiger partial charge in [-0.2, -0.15) is 0 Å². The zero-order valence-corrected chi connectivity index (χ0v) is 3.54. The average molecular weight is 106 g/mol. The summed E-state index contributed by atoms with van der Waals surface area (Å²) in [6, 6.07) is 0. The summed E-state index contributed by atoms with van der Waals surface area (Å²) in [5, 5.41) is -0.953. The molecule has 0 heterocycles. The standard InChI is InChI=1S/C4H3ClO/c1-2-3-4(5)6/h1H3/i1D3. The van der Waals surface area contributed by atoms with Crippen molar-refractivity contribution >= 4 is 16.8 Å². The van der Waals surface area contributed by atoms with Crippen LogP contribution in [-0.2, 0) is 4.79 Å². The summed E-state index contributed by atoms with van der Waals surface area (Å²) in [6.45, 7) is -2.38. The van der Waals surface area contributed by atoms with Gasteiger partial charge in [0.1, 0.15) is 0 Å². The molecule has 0 aromatic rings. The van der Waals surface area contributed by atoms with Crippen molar-refractivity contribution in [3.63, 3.8) is 0 Å². The zero-order chi connectivity index (χ0) is 7.49. The second kappa shape index (κ2) is 2.74. The summed E-state index contributed by atoms with van der Waals surface area (Å²) in [5.41, 5.74) is 0. The highest BCUT2D eigenvalue weighted by Crippen LogP contribution is 1.70. The van der Waals surface area contributed by atoms with Crippen LogP contribution < -0.4 is 0 Å². The molecule has 6 heavy (non-hydrogen) atoms. The summed E-state index contributed by atoms with van der Waals surface area (Å²) < 4.78 is 19.4. The first-order chi connectivity index (χ1) is 3.92. The Morgan fingerprint density at radius 2 is 2.83 bits per heavy atom. The number of halogens is 1. The van der Waals surface area contributed by atoms with E-state index < -0.39 is 12.1 Å². The molecule has 0 unspecified atom stereocenters. The number of carbonyl (C=O) groups excluding carboxylic acids is 1. The molecule has 0 aliphatic heterocycles. The lowest BCUT2D eigenvalue weighted by atomic mass is 10.7. The largest absolute Gasteiger partial charge is 0.296 e. The maximum atomic E-state index is 9.83. The lowest BCUT2D eigenvalue weighted by Crippen LogP contribution is -1.71. The van der Waals surface area contributed by atoms with E-state index in [4.69, 9.17) is 15.7 Å². The van der Waals surface area contributed by atoms with Gasteiger partial charge in [0.2, 0.25) is 0 Å². The maximum absolute atomic E-state index is 9.83. The van der Waals surface area contributed by atoms with Gasteiger partial charge in [-0.25, -0.2) is 0 Å². The van der Waals surface area contributed by atoms with Gasteiger partial charge >= 0.3 is 0 Å². The summed E-state index contributed by atoms with van der Waals surface area (Å²) in [6.07, 6.45) is 0. The SMILES string of the molecule is [2H]C([2H])([2H])C#CC(=O)Cl. The third-order valence-electron chi connectivity index (χ3n) is 0.161. The quantitative estimate of drug-likeness (QED) is 0.329. The fourth-order valence-electron chi connectivity index (χ4n) is 0.0491. The lowest BCUT2D eigenvalue weighted by molar-refractivity contribution is -0.107. The van der Waals surface area contributed by atoms with Gasteiger partial charge in [0.15, 0.2) is 0 Å². The Kier molecular flexibility index (Phi) is 0.911. The van der Waals surface area contributed by atoms with E-state index in [0.29, 0.717) is 0 Å². The normalized spacial score (nSPS) is 15.2. The maximum Gasteiger partial charge on any atom is 0.296 e. The molecule has 0 fully saturated rings. The first-order valence-corrected chi connectivity index (χ1v) is 1.52. The molecule has 0 aliphatic rings. The van der Waals surface area contributed by atoms with Crippen molar-refractivity contribution < 1.29 is 8.91 Å². The molecule has 0 bridgehead atoms. The van der Waals surface area contributed by atoms with Gasteiger partial charge < -0.3 is 0 Å². The average Bonchev–Trinajstić information content (AvgIpc) is 1.59. The van der Waals surface area contributed by atoms with Crippen LogP contribution in [0, 0.1) is 11.8 Å². The summed E-state index contributed by atoms with van der Waals surface area (Å²) >= 11 is 4.72. The van der Waals surface area contributed by atoms with Gasteiger partial charge in [0.05, 0.1) is 0 Å². The summed E-state index contributed by atoms with van der Waals surface area (Å²) in [5.74, 6) is 3.39. The zero-order valence-electron chi connectivity index (χ0n) is 5.79. The minimum Gasteiger partial charge on any atom is -0.266 e. The third kappa shape index (κ3) is 3.52. The van der Waals surface area contributed by atoms with Crippen LogP contribution in [0.5, 0.6) is 0 Å². The second-order valence-electron chi connectivity index (χ2n) is 0.524. The number of rotatable bonds is 0. The first-order valence-electron chi connectivity index (χ1n) is 2.64. The predicted octanol–water partition coefficient (Wildman–Crippen LogP) is 0.775. The second-order valence-corrected chi connectivity index (χ2v) is 0.867. The molecule has 0 aromatic heterocycles. The lowest BCUT2D eigenvalue weighted by Gasteiger charge is -1.58. The van der Waals surface area contributed by atoms with Gasteiger partial charge in [0, 0.05) is 4.11 Å². The van der Waals surface area contributed by atoms with E-state index in [1.54, 1.807) is 11.8 Å². The number of hydrogen-bond acceptors (Lipinski definition) is 1. The molecule has 0 amide bonds. The Hall–Kier alpha value is -0.480. The number of hydrogen-bond donors (Lipinski definition) is 0. The molecular weight excluding hydrogens is 99.5 g/mol. The number of carbonyl (C=O) groups is 1. The van der Waals surface area contributed by atoms with Crippen molar-refractivity contribution in [2.45, 2.75) is 6.85 Å². The van der Waals surface area contributed by atoms with Crippen LogP contribution in [0.25, 0.3) is 0 Å². The molecule has 0 radical (unpaired) electrons. The van der Waals surface area contributed by atoms with Crippen molar-refractivity contribution in [3.05, 3.63) is 0 Å². The molecule has 0 rings (SSSR count). The monoisotopic (exact) mass is 105 g/mol. The summed E-state index contributed by atoms with van der Waals surface area (Å²) in [4.78, 5) is 9.83. The van der Waals surface area contributed by atoms with E-state index in [1.165, 1.54) is 0 Å². The highest BCUT2D eigenvalue weighted by Gasteiger charge is 1.76. The smallest absolute Gasteiger partial charge is 0.266 e. The molecule has 2 heteroatoms. The Labute approximate surface area is 45.5 Å². The Morgan fingerprint density at radius 1 is 2.17 bits per heavy atom. The summed E-state index contributed by atoms with van der Waals surface area (Å²) in [7, 11) is 0. The van der Waals surface area contributed by atoms with Crippen molar-refractivity contribution in [2.75, 3.05) is 0 Å². The molecule has 0 aromatic carbocycles. The van der Waals surface area contributed by atoms with Gasteiger partial charge in [0.25, 0.3) is 5.24 Å². The van der Waals surface area contributed by atoms with Crippen LogP contribution in [0.4, 0.5) is 0 Å². The molecule has 0 saturated carbocycles. The van der Waals surface area contributed by atoms with Gasteiger partial charge in [-0.1, -0.05) is 5.92 Å². The Morgan fingerprint density at radius 3 is 3.00 bits per heavy atom. The van der Waals surface area contributed by atoms with Crippen molar-refractivity contribution in [1.29, 1.82) is 0 Å². The van der Waals surface area contributed by atoms with Crippen LogP contribution in [0.1, 0.15) is 11.0 Å². The predicted molar refractivity (Wildman–Crippen MR) is 24.3 cm³/mol. The molecule has 0 atom stereocenters. The fraction of sp³-hybridized carbons (Fsp3) is 0.250. The first kappa shape index (κ1) is 1.99. The highest BCUT2D eigenvalue weighted by atomic mass is 35.5. The molecule has 0 spiro atoms. The van der Waals surface area contributed by atoms with E-state index in [0.717, 1.165) is 0 Å². The molecule has 1 nitrogen and oxygen atoms in total. The molecule has 0 N–H and O–H groups in total. The van der Waals surface area contributed by atoms with Crippen molar-refractivity contribution in [3.8, 4) is 11.8 Å². The Bertz CT molecular complexity index is 172. The minimum atomic E-state index is -2.38. The minimum absolute atomic E-state index is 0.953. The van der Waals surface area contributed by atoms with Gasteiger partial charge in [-0.15, -0.1) is 0 Å². The van der Waals surface area contributed by atoms with Gasteiger partial charge in [-0.05, 0) is 24.4 Å². The van der Waals surface area contributed by atoms with Crippen LogP contribution in [0.15, 0.2) is 0 Å². The van der Waals surface area contributed by atoms with Crippen LogP contribution in [-0.4, -0.2) is 5.24 Å². The molecule has 0 aliphatic carbocycles. The fourth-order valence-corrected chi connectivity index (χ4v) is 0.0964. The topological polar surface area (TPSA) is 17.1 Å². The van der Waals surface area contributed by atoms with Crippen molar-refractivity contribution in [2.24, 2.45) is 0 Å². The third-order valence-corrected chi connectivity index (χ3v) is 0.255. The van der Waals surface area contributed by atoms with Crippen LogP contribution in [0.3, 0.4) is 0 Å². The van der Waals surface area contributed by atoms with E-state index in [2.05, 4.69) is 0 Å². The molecular formula is C4H3ClO. The Balaban J connectivity index is 4.04. The highest BCUT2D eigenvalue weighted by molar-refractivity contribution is 6.68. The van der Waals surface area contributed by atoms with Crippen molar-refractivity contribution in [1.82, 2.24) is 0 Å². The molecule has 0 saturated heterocycles. The van der Waals surface area contributed by atoms with E-state index in [-0.39, 0.29) is 0 Å². The molecule has 32 valence electrons. The van der Waals surface area contributed by atoms with Gasteiger partial charge in [-0.3, -0.25) is 4.79 Å².